The van der Waals surface area contributed by atoms with E-state index < -0.39 is 36.5 Å². The van der Waals surface area contributed by atoms with E-state index in [-0.39, 0.29) is 24.0 Å². The Morgan fingerprint density at radius 3 is 2.48 bits per heavy atom. The van der Waals surface area contributed by atoms with Gasteiger partial charge in [0.25, 0.3) is 0 Å². The smallest absolute Gasteiger partial charge is 0.330 e. The molecule has 4 N–H and O–H groups in total. The van der Waals surface area contributed by atoms with Crippen molar-refractivity contribution >= 4 is 5.97 Å². The number of hydrogen-bond acceptors (Lipinski definition) is 7. The quantitative estimate of drug-likeness (QED) is 0.291. The largest absolute Gasteiger partial charge is 0.466 e. The van der Waals surface area contributed by atoms with E-state index in [2.05, 4.69) is 4.74 Å². The molecule has 1 rings (SSSR count). The number of aliphatic hydroxyl groups is 4. The summed E-state index contributed by atoms with van der Waals surface area (Å²) >= 11 is 0. The Morgan fingerprint density at radius 2 is 1.92 bits per heavy atom. The molecule has 1 aliphatic rings. The third-order valence-corrected chi connectivity index (χ3v) is 4.64. The number of methoxy groups -OCH3 is 1. The Bertz CT molecular complexity index is 486. The minimum atomic E-state index is -1.28. The number of esters is 1. The molecular formula is C18H30O7. The molecule has 0 amide bonds. The van der Waals surface area contributed by atoms with Crippen LogP contribution < -0.4 is 0 Å². The number of aliphatic hydroxyl groups excluding tert-OH is 4. The van der Waals surface area contributed by atoms with Gasteiger partial charge in [-0.1, -0.05) is 19.1 Å². The van der Waals surface area contributed by atoms with Gasteiger partial charge in [-0.15, -0.1) is 0 Å². The van der Waals surface area contributed by atoms with Crippen LogP contribution in [-0.4, -0.2) is 70.6 Å². The Hall–Kier alpha value is -1.25. The highest BCUT2D eigenvalue weighted by Crippen LogP contribution is 2.27. The summed E-state index contributed by atoms with van der Waals surface area (Å²) in [5.74, 6) is -0.939. The monoisotopic (exact) mass is 358 g/mol. The number of allylic oxidation sites excluding steroid dienone is 1. The molecule has 1 heterocycles. The SMILES string of the molecule is COC(=O)/C=C(\C)C(O)C1OCC(C/C=C/C(C)C(C)O)C(O)C1O. The number of hydrogen-bond donors (Lipinski definition) is 4. The summed E-state index contributed by atoms with van der Waals surface area (Å²) in [4.78, 5) is 11.2. The maximum Gasteiger partial charge on any atom is 0.330 e. The van der Waals surface area contributed by atoms with Gasteiger partial charge in [0.2, 0.25) is 0 Å². The summed E-state index contributed by atoms with van der Waals surface area (Å²) in [5.41, 5.74) is 0.284. The molecule has 7 heteroatoms. The Kier molecular flexibility index (Phi) is 8.75. The van der Waals surface area contributed by atoms with Crippen LogP contribution in [0.25, 0.3) is 0 Å². The van der Waals surface area contributed by atoms with Crippen molar-refractivity contribution in [2.45, 2.75) is 57.7 Å². The molecular weight excluding hydrogens is 328 g/mol. The summed E-state index contributed by atoms with van der Waals surface area (Å²) in [6.07, 6.45) is 0.257. The molecule has 0 bridgehead atoms. The van der Waals surface area contributed by atoms with Crippen molar-refractivity contribution in [1.29, 1.82) is 0 Å². The fourth-order valence-corrected chi connectivity index (χ4v) is 2.61. The second-order valence-electron chi connectivity index (χ2n) is 6.66. The molecule has 0 aromatic heterocycles. The molecule has 0 aromatic rings. The summed E-state index contributed by atoms with van der Waals surface area (Å²) in [5, 5.41) is 40.3. The number of ether oxygens (including phenoxy) is 2. The highest BCUT2D eigenvalue weighted by molar-refractivity contribution is 5.82. The van der Waals surface area contributed by atoms with E-state index in [1.54, 1.807) is 6.92 Å². The van der Waals surface area contributed by atoms with E-state index >= 15 is 0 Å². The maximum absolute atomic E-state index is 11.2. The zero-order chi connectivity index (χ0) is 19.1. The van der Waals surface area contributed by atoms with Crippen LogP contribution in [0.2, 0.25) is 0 Å². The highest BCUT2D eigenvalue weighted by atomic mass is 16.5. The predicted octanol–water partition coefficient (Wildman–Crippen LogP) is 0.167. The number of carbonyl (C=O) groups excluding carboxylic acids is 1. The second kappa shape index (κ2) is 10.0. The van der Waals surface area contributed by atoms with Gasteiger partial charge in [0, 0.05) is 12.0 Å². The third kappa shape index (κ3) is 6.20. The fourth-order valence-electron chi connectivity index (χ4n) is 2.61. The Labute approximate surface area is 148 Å². The lowest BCUT2D eigenvalue weighted by molar-refractivity contribution is -0.187. The Balaban J connectivity index is 2.67. The predicted molar refractivity (Wildman–Crippen MR) is 91.6 cm³/mol. The molecule has 0 aromatic carbocycles. The van der Waals surface area contributed by atoms with Crippen molar-refractivity contribution in [2.24, 2.45) is 11.8 Å². The van der Waals surface area contributed by atoms with Crippen molar-refractivity contribution in [3.63, 3.8) is 0 Å². The minimum absolute atomic E-state index is 0.00717. The van der Waals surface area contributed by atoms with Crippen LogP contribution in [0, 0.1) is 11.8 Å². The fraction of sp³-hybridized carbons (Fsp3) is 0.722. The molecule has 0 spiro atoms. The molecule has 0 aliphatic carbocycles. The van der Waals surface area contributed by atoms with E-state index in [9.17, 15) is 25.2 Å². The molecule has 0 saturated carbocycles. The number of carbonyl (C=O) groups is 1. The third-order valence-electron chi connectivity index (χ3n) is 4.64. The molecule has 1 aliphatic heterocycles. The van der Waals surface area contributed by atoms with Gasteiger partial charge in [-0.25, -0.2) is 4.79 Å². The lowest BCUT2D eigenvalue weighted by atomic mass is 9.86. The van der Waals surface area contributed by atoms with Crippen LogP contribution >= 0.6 is 0 Å². The standard InChI is InChI=1S/C18H30O7/c1-10(12(3)19)6-5-7-13-9-25-18(17(23)16(13)22)15(21)11(2)8-14(20)24-4/h5-6,8,10,12-13,15-19,21-23H,7,9H2,1-4H3/b6-5+,11-8+. The average Bonchev–Trinajstić information content (AvgIpc) is 2.57. The zero-order valence-corrected chi connectivity index (χ0v) is 15.2. The van der Waals surface area contributed by atoms with Gasteiger partial charge in [0.15, 0.2) is 0 Å². The van der Waals surface area contributed by atoms with Gasteiger partial charge in [-0.3, -0.25) is 0 Å². The normalized spacial score (nSPS) is 31.6. The molecule has 144 valence electrons. The Morgan fingerprint density at radius 1 is 1.28 bits per heavy atom. The topological polar surface area (TPSA) is 116 Å². The summed E-state index contributed by atoms with van der Waals surface area (Å²) < 4.78 is 10.0. The van der Waals surface area contributed by atoms with Gasteiger partial charge < -0.3 is 29.9 Å². The van der Waals surface area contributed by atoms with E-state index in [1.165, 1.54) is 14.0 Å². The molecule has 1 fully saturated rings. The number of rotatable bonds is 7. The molecule has 7 unspecified atom stereocenters. The summed E-state index contributed by atoms with van der Waals surface area (Å²) in [6, 6.07) is 0. The molecule has 7 atom stereocenters. The van der Waals surface area contributed by atoms with Gasteiger partial charge in [-0.05, 0) is 31.8 Å². The lowest BCUT2D eigenvalue weighted by Crippen LogP contribution is -2.54. The first-order chi connectivity index (χ1) is 11.7. The summed E-state index contributed by atoms with van der Waals surface area (Å²) in [7, 11) is 1.23. The van der Waals surface area contributed by atoms with Crippen LogP contribution in [0.5, 0.6) is 0 Å². The lowest BCUT2D eigenvalue weighted by Gasteiger charge is -2.39. The van der Waals surface area contributed by atoms with Crippen molar-refractivity contribution in [3.8, 4) is 0 Å². The second-order valence-corrected chi connectivity index (χ2v) is 6.66. The van der Waals surface area contributed by atoms with E-state index in [4.69, 9.17) is 4.74 Å². The van der Waals surface area contributed by atoms with Crippen molar-refractivity contribution in [3.05, 3.63) is 23.8 Å². The van der Waals surface area contributed by atoms with Gasteiger partial charge >= 0.3 is 5.97 Å². The van der Waals surface area contributed by atoms with Crippen LogP contribution in [0.1, 0.15) is 27.2 Å². The van der Waals surface area contributed by atoms with Crippen LogP contribution in [0.4, 0.5) is 0 Å². The average molecular weight is 358 g/mol. The first-order valence-corrected chi connectivity index (χ1v) is 8.45. The zero-order valence-electron chi connectivity index (χ0n) is 15.2. The van der Waals surface area contributed by atoms with Crippen LogP contribution in [-0.2, 0) is 14.3 Å². The van der Waals surface area contributed by atoms with Crippen LogP contribution in [0.15, 0.2) is 23.8 Å². The van der Waals surface area contributed by atoms with Crippen molar-refractivity contribution < 1.29 is 34.7 Å². The van der Waals surface area contributed by atoms with Gasteiger partial charge in [0.1, 0.15) is 18.3 Å². The molecule has 7 nitrogen and oxygen atoms in total. The highest BCUT2D eigenvalue weighted by Gasteiger charge is 2.41. The minimum Gasteiger partial charge on any atom is -0.466 e. The summed E-state index contributed by atoms with van der Waals surface area (Å²) in [6.45, 7) is 5.27. The van der Waals surface area contributed by atoms with Gasteiger partial charge in [0.05, 0.1) is 25.9 Å². The van der Waals surface area contributed by atoms with Crippen molar-refractivity contribution in [1.82, 2.24) is 0 Å². The van der Waals surface area contributed by atoms with Crippen LogP contribution in [0.3, 0.4) is 0 Å². The first kappa shape index (κ1) is 21.8. The maximum atomic E-state index is 11.2. The molecule has 0 radical (unpaired) electrons. The first-order valence-electron chi connectivity index (χ1n) is 8.45. The molecule has 1 saturated heterocycles. The van der Waals surface area contributed by atoms with Gasteiger partial charge in [-0.2, -0.15) is 0 Å². The van der Waals surface area contributed by atoms with E-state index in [0.717, 1.165) is 6.08 Å². The molecule has 25 heavy (non-hydrogen) atoms. The van der Waals surface area contributed by atoms with Crippen molar-refractivity contribution in [2.75, 3.05) is 13.7 Å². The van der Waals surface area contributed by atoms with E-state index in [1.807, 2.05) is 19.1 Å². The van der Waals surface area contributed by atoms with E-state index in [0.29, 0.717) is 6.42 Å².